The summed E-state index contributed by atoms with van der Waals surface area (Å²) in [6.07, 6.45) is 1.75. The summed E-state index contributed by atoms with van der Waals surface area (Å²) in [6.45, 7) is 10.3. The van der Waals surface area contributed by atoms with Crippen molar-refractivity contribution in [3.63, 3.8) is 0 Å². The molecule has 0 bridgehead atoms. The molecule has 1 aromatic heterocycles. The maximum absolute atomic E-state index is 5.83. The van der Waals surface area contributed by atoms with E-state index in [1.807, 2.05) is 6.92 Å². The first-order valence-electron chi connectivity index (χ1n) is 6.80. The Kier molecular flexibility index (Phi) is 6.73. The Morgan fingerprint density at radius 1 is 1.32 bits per heavy atom. The van der Waals surface area contributed by atoms with Gasteiger partial charge >= 0.3 is 0 Å². The average molecular weight is 267 g/mol. The van der Waals surface area contributed by atoms with Crippen molar-refractivity contribution in [2.24, 2.45) is 0 Å². The Morgan fingerprint density at radius 3 is 2.63 bits per heavy atom. The molecule has 0 fully saturated rings. The van der Waals surface area contributed by atoms with Crippen LogP contribution < -0.4 is 10.1 Å². The summed E-state index contributed by atoms with van der Waals surface area (Å²) in [5.74, 6) is 1.89. The number of nitrogens with zero attached hydrogens (tertiary/aromatic N) is 2. The molecule has 1 unspecified atom stereocenters. The molecule has 0 aromatic carbocycles. The van der Waals surface area contributed by atoms with Crippen LogP contribution in [0.5, 0.6) is 5.75 Å². The van der Waals surface area contributed by atoms with Crippen LogP contribution in [-0.4, -0.2) is 36.3 Å². The first-order valence-corrected chi connectivity index (χ1v) is 6.80. The lowest BCUT2D eigenvalue weighted by Gasteiger charge is -2.17. The van der Waals surface area contributed by atoms with E-state index in [0.717, 1.165) is 23.8 Å². The normalized spacial score (nSPS) is 12.7. The van der Waals surface area contributed by atoms with Gasteiger partial charge in [0.1, 0.15) is 11.9 Å². The Balaban J connectivity index is 2.88. The topological polar surface area (TPSA) is 56.3 Å². The second kappa shape index (κ2) is 8.07. The van der Waals surface area contributed by atoms with Crippen LogP contribution in [-0.2, 0) is 11.3 Å². The van der Waals surface area contributed by atoms with Gasteiger partial charge in [-0.3, -0.25) is 0 Å². The predicted molar refractivity (Wildman–Crippen MR) is 75.5 cm³/mol. The zero-order chi connectivity index (χ0) is 14.3. The molecule has 1 heterocycles. The first kappa shape index (κ1) is 15.9. The van der Waals surface area contributed by atoms with Gasteiger partial charge < -0.3 is 14.8 Å². The van der Waals surface area contributed by atoms with E-state index < -0.39 is 0 Å². The van der Waals surface area contributed by atoms with Crippen LogP contribution in [0, 0.1) is 0 Å². The summed E-state index contributed by atoms with van der Waals surface area (Å²) in [6, 6.07) is 0. The third-order valence-electron chi connectivity index (χ3n) is 2.64. The van der Waals surface area contributed by atoms with Crippen LogP contribution in [0.2, 0.25) is 0 Å². The molecule has 0 aliphatic heterocycles. The van der Waals surface area contributed by atoms with Gasteiger partial charge in [0.05, 0.1) is 18.5 Å². The second-order valence-corrected chi connectivity index (χ2v) is 4.86. The van der Waals surface area contributed by atoms with Crippen LogP contribution in [0.25, 0.3) is 0 Å². The molecule has 0 aliphatic rings. The second-order valence-electron chi connectivity index (χ2n) is 4.86. The fourth-order valence-corrected chi connectivity index (χ4v) is 1.65. The van der Waals surface area contributed by atoms with E-state index in [2.05, 4.69) is 36.1 Å². The zero-order valence-electron chi connectivity index (χ0n) is 12.6. The van der Waals surface area contributed by atoms with Crippen LogP contribution in [0.4, 0.5) is 0 Å². The van der Waals surface area contributed by atoms with Crippen LogP contribution in [0.15, 0.2) is 6.20 Å². The summed E-state index contributed by atoms with van der Waals surface area (Å²) in [7, 11) is 1.66. The van der Waals surface area contributed by atoms with E-state index in [1.165, 1.54) is 0 Å². The smallest absolute Gasteiger partial charge is 0.160 e. The largest absolute Gasteiger partial charge is 0.485 e. The van der Waals surface area contributed by atoms with Gasteiger partial charge in [-0.15, -0.1) is 0 Å². The molecule has 1 atom stereocenters. The highest BCUT2D eigenvalue weighted by molar-refractivity contribution is 5.25. The van der Waals surface area contributed by atoms with Crippen molar-refractivity contribution >= 4 is 0 Å². The lowest BCUT2D eigenvalue weighted by Crippen LogP contribution is -2.21. The molecule has 0 saturated heterocycles. The molecule has 5 heteroatoms. The summed E-state index contributed by atoms with van der Waals surface area (Å²) >= 11 is 0. The molecule has 19 heavy (non-hydrogen) atoms. The van der Waals surface area contributed by atoms with Gasteiger partial charge in [0.2, 0.25) is 0 Å². The molecule has 1 N–H and O–H groups in total. The van der Waals surface area contributed by atoms with Crippen LogP contribution in [0.3, 0.4) is 0 Å². The molecule has 5 nitrogen and oxygen atoms in total. The summed E-state index contributed by atoms with van der Waals surface area (Å²) in [5.41, 5.74) is 0.906. The predicted octanol–water partition coefficient (Wildman–Crippen LogP) is 2.12. The molecule has 0 aliphatic carbocycles. The number of hydrogen-bond acceptors (Lipinski definition) is 5. The molecule has 0 radical (unpaired) electrons. The van der Waals surface area contributed by atoms with Gasteiger partial charge in [0.25, 0.3) is 0 Å². The standard InChI is InChI=1S/C14H25N3O2/c1-6-15-7-12-13(19-11(4)9-18-5)8-16-14(17-12)10(2)3/h8,10-11,15H,6-7,9H2,1-5H3. The Hall–Kier alpha value is -1.20. The molecule has 0 spiro atoms. The Morgan fingerprint density at radius 2 is 2.05 bits per heavy atom. The van der Waals surface area contributed by atoms with Crippen molar-refractivity contribution in [3.8, 4) is 5.75 Å². The van der Waals surface area contributed by atoms with E-state index in [1.54, 1.807) is 13.3 Å². The fraction of sp³-hybridized carbons (Fsp3) is 0.714. The van der Waals surface area contributed by atoms with Crippen LogP contribution in [0.1, 0.15) is 45.1 Å². The molecule has 0 amide bonds. The van der Waals surface area contributed by atoms with Gasteiger partial charge in [-0.25, -0.2) is 9.97 Å². The zero-order valence-corrected chi connectivity index (χ0v) is 12.6. The van der Waals surface area contributed by atoms with Crippen molar-refractivity contribution in [1.82, 2.24) is 15.3 Å². The van der Waals surface area contributed by atoms with Crippen molar-refractivity contribution in [3.05, 3.63) is 17.7 Å². The van der Waals surface area contributed by atoms with Crippen molar-refractivity contribution < 1.29 is 9.47 Å². The van der Waals surface area contributed by atoms with E-state index in [0.29, 0.717) is 19.1 Å². The lowest BCUT2D eigenvalue weighted by molar-refractivity contribution is 0.0906. The van der Waals surface area contributed by atoms with Gasteiger partial charge in [-0.05, 0) is 13.5 Å². The lowest BCUT2D eigenvalue weighted by atomic mass is 10.2. The van der Waals surface area contributed by atoms with Crippen LogP contribution >= 0.6 is 0 Å². The third kappa shape index (κ3) is 5.12. The minimum atomic E-state index is -0.0149. The highest BCUT2D eigenvalue weighted by Gasteiger charge is 2.13. The minimum absolute atomic E-state index is 0.0149. The van der Waals surface area contributed by atoms with E-state index in [-0.39, 0.29) is 6.10 Å². The quantitative estimate of drug-likeness (QED) is 0.782. The highest BCUT2D eigenvalue weighted by atomic mass is 16.5. The van der Waals surface area contributed by atoms with Gasteiger partial charge in [0.15, 0.2) is 5.75 Å². The minimum Gasteiger partial charge on any atom is -0.485 e. The molecule has 1 aromatic rings. The van der Waals surface area contributed by atoms with Gasteiger partial charge in [-0.1, -0.05) is 20.8 Å². The molecule has 0 saturated carbocycles. The Bertz CT molecular complexity index is 383. The summed E-state index contributed by atoms with van der Waals surface area (Å²) in [5, 5.41) is 3.27. The first-order chi connectivity index (χ1) is 9.08. The van der Waals surface area contributed by atoms with Gasteiger partial charge in [0, 0.05) is 19.6 Å². The molecule has 1 rings (SSSR count). The van der Waals surface area contributed by atoms with Crippen molar-refractivity contribution in [2.75, 3.05) is 20.3 Å². The van der Waals surface area contributed by atoms with E-state index in [4.69, 9.17) is 9.47 Å². The van der Waals surface area contributed by atoms with E-state index >= 15 is 0 Å². The maximum atomic E-state index is 5.83. The number of nitrogens with one attached hydrogen (secondary N) is 1. The van der Waals surface area contributed by atoms with Gasteiger partial charge in [-0.2, -0.15) is 0 Å². The molecular formula is C14H25N3O2. The monoisotopic (exact) mass is 267 g/mol. The van der Waals surface area contributed by atoms with Crippen molar-refractivity contribution in [1.29, 1.82) is 0 Å². The fourth-order valence-electron chi connectivity index (χ4n) is 1.65. The average Bonchev–Trinajstić information content (AvgIpc) is 2.37. The molecular weight excluding hydrogens is 242 g/mol. The summed E-state index contributed by atoms with van der Waals surface area (Å²) < 4.78 is 10.9. The Labute approximate surface area is 115 Å². The number of rotatable bonds is 8. The van der Waals surface area contributed by atoms with E-state index in [9.17, 15) is 0 Å². The van der Waals surface area contributed by atoms with Crippen molar-refractivity contribution in [2.45, 2.75) is 46.3 Å². The number of hydrogen-bond donors (Lipinski definition) is 1. The number of methoxy groups -OCH3 is 1. The summed E-state index contributed by atoms with van der Waals surface area (Å²) in [4.78, 5) is 8.94. The number of aromatic nitrogens is 2. The number of ether oxygens (including phenoxy) is 2. The molecule has 108 valence electrons. The maximum Gasteiger partial charge on any atom is 0.160 e. The third-order valence-corrected chi connectivity index (χ3v) is 2.64. The highest BCUT2D eigenvalue weighted by Crippen LogP contribution is 2.19. The SMILES string of the molecule is CCNCc1nc(C(C)C)ncc1OC(C)COC.